The Hall–Kier alpha value is -3.26. The monoisotopic (exact) mass is 442 g/mol. The Morgan fingerprint density at radius 3 is 2.29 bits per heavy atom. The highest BCUT2D eigenvalue weighted by molar-refractivity contribution is 7.92. The number of nitrogens with one attached hydrogen (secondary N) is 1. The van der Waals surface area contributed by atoms with E-state index in [1.54, 1.807) is 19.1 Å². The summed E-state index contributed by atoms with van der Waals surface area (Å²) < 4.78 is 36.6. The van der Waals surface area contributed by atoms with Gasteiger partial charge in [0, 0.05) is 12.6 Å². The molecule has 3 aromatic rings. The average Bonchev–Trinajstić information content (AvgIpc) is 2.76. The lowest BCUT2D eigenvalue weighted by atomic mass is 10.1. The number of methoxy groups -OCH3 is 2. The standard InChI is InChI=1S/C23H26N2O5S/c1-16(23(26)24-15-17-9-10-18-7-5-6-8-19(18)13-17)25(31(4,27)28)20-11-12-21(29-2)22(14-20)30-3/h5-14,16H,15H2,1-4H3,(H,24,26). The number of hydrogen-bond acceptors (Lipinski definition) is 5. The van der Waals surface area contributed by atoms with Gasteiger partial charge in [0.2, 0.25) is 15.9 Å². The lowest BCUT2D eigenvalue weighted by Crippen LogP contribution is -2.47. The number of nitrogens with zero attached hydrogens (tertiary/aromatic N) is 1. The van der Waals surface area contributed by atoms with E-state index in [4.69, 9.17) is 9.47 Å². The van der Waals surface area contributed by atoms with E-state index in [-0.39, 0.29) is 6.54 Å². The molecule has 7 nitrogen and oxygen atoms in total. The minimum Gasteiger partial charge on any atom is -0.493 e. The van der Waals surface area contributed by atoms with Crippen LogP contribution in [0.15, 0.2) is 60.7 Å². The van der Waals surface area contributed by atoms with Crippen molar-refractivity contribution in [2.75, 3.05) is 24.8 Å². The molecule has 0 saturated heterocycles. The third-order valence-corrected chi connectivity index (χ3v) is 6.23. The average molecular weight is 443 g/mol. The molecule has 1 atom stereocenters. The van der Waals surface area contributed by atoms with Crippen LogP contribution in [-0.4, -0.2) is 40.8 Å². The van der Waals surface area contributed by atoms with Gasteiger partial charge in [0.1, 0.15) is 6.04 Å². The largest absolute Gasteiger partial charge is 0.493 e. The van der Waals surface area contributed by atoms with E-state index in [0.29, 0.717) is 17.2 Å². The fourth-order valence-corrected chi connectivity index (χ4v) is 4.62. The lowest BCUT2D eigenvalue weighted by Gasteiger charge is -2.28. The molecule has 1 N–H and O–H groups in total. The van der Waals surface area contributed by atoms with Crippen LogP contribution in [0.5, 0.6) is 11.5 Å². The second kappa shape index (κ2) is 9.26. The molecule has 3 rings (SSSR count). The molecule has 0 spiro atoms. The predicted octanol–water partition coefficient (Wildman–Crippen LogP) is 3.33. The highest BCUT2D eigenvalue weighted by Crippen LogP contribution is 2.33. The van der Waals surface area contributed by atoms with Crippen LogP contribution in [0.3, 0.4) is 0 Å². The molecule has 0 radical (unpaired) electrons. The van der Waals surface area contributed by atoms with Gasteiger partial charge < -0.3 is 14.8 Å². The van der Waals surface area contributed by atoms with Gasteiger partial charge in [0.05, 0.1) is 26.2 Å². The highest BCUT2D eigenvalue weighted by Gasteiger charge is 2.29. The Morgan fingerprint density at radius 1 is 0.968 bits per heavy atom. The van der Waals surface area contributed by atoms with E-state index in [1.165, 1.54) is 20.3 Å². The number of anilines is 1. The first-order valence-electron chi connectivity index (χ1n) is 9.71. The topological polar surface area (TPSA) is 84.9 Å². The van der Waals surface area contributed by atoms with Gasteiger partial charge in [-0.1, -0.05) is 36.4 Å². The fraction of sp³-hybridized carbons (Fsp3) is 0.261. The molecular weight excluding hydrogens is 416 g/mol. The van der Waals surface area contributed by atoms with Crippen LogP contribution in [0, 0.1) is 0 Å². The van der Waals surface area contributed by atoms with E-state index in [2.05, 4.69) is 5.32 Å². The van der Waals surface area contributed by atoms with Crippen LogP contribution in [-0.2, 0) is 21.4 Å². The summed E-state index contributed by atoms with van der Waals surface area (Å²) in [6.07, 6.45) is 1.07. The first-order valence-corrected chi connectivity index (χ1v) is 11.6. The van der Waals surface area contributed by atoms with Gasteiger partial charge in [0.25, 0.3) is 0 Å². The predicted molar refractivity (Wildman–Crippen MR) is 122 cm³/mol. The molecule has 0 saturated carbocycles. The first-order chi connectivity index (χ1) is 14.7. The highest BCUT2D eigenvalue weighted by atomic mass is 32.2. The maximum absolute atomic E-state index is 12.8. The number of fused-ring (bicyclic) bond motifs is 1. The second-order valence-electron chi connectivity index (χ2n) is 7.17. The summed E-state index contributed by atoms with van der Waals surface area (Å²) in [5, 5.41) is 5.02. The SMILES string of the molecule is COc1ccc(N(C(C)C(=O)NCc2ccc3ccccc3c2)S(C)(=O)=O)cc1OC. The maximum Gasteiger partial charge on any atom is 0.243 e. The van der Waals surface area contributed by atoms with Crippen molar-refractivity contribution in [3.05, 3.63) is 66.2 Å². The van der Waals surface area contributed by atoms with E-state index in [0.717, 1.165) is 26.9 Å². The van der Waals surface area contributed by atoms with Crippen molar-refractivity contribution in [2.24, 2.45) is 0 Å². The van der Waals surface area contributed by atoms with Gasteiger partial charge in [-0.15, -0.1) is 0 Å². The number of ether oxygens (including phenoxy) is 2. The van der Waals surface area contributed by atoms with E-state index >= 15 is 0 Å². The molecule has 0 fully saturated rings. The number of carbonyl (C=O) groups is 1. The molecule has 0 aliphatic rings. The van der Waals surface area contributed by atoms with Crippen molar-refractivity contribution < 1.29 is 22.7 Å². The van der Waals surface area contributed by atoms with Crippen molar-refractivity contribution >= 4 is 32.4 Å². The molecule has 0 bridgehead atoms. The van der Waals surface area contributed by atoms with Gasteiger partial charge in [-0.2, -0.15) is 0 Å². The quantitative estimate of drug-likeness (QED) is 0.578. The molecule has 1 amide bonds. The zero-order valence-corrected chi connectivity index (χ0v) is 18.8. The van der Waals surface area contributed by atoms with Gasteiger partial charge in [0.15, 0.2) is 11.5 Å². The van der Waals surface area contributed by atoms with Gasteiger partial charge >= 0.3 is 0 Å². The molecule has 1 unspecified atom stereocenters. The minimum absolute atomic E-state index is 0.289. The van der Waals surface area contributed by atoms with Gasteiger partial charge in [-0.3, -0.25) is 9.10 Å². The van der Waals surface area contributed by atoms with E-state index < -0.39 is 22.0 Å². The number of rotatable bonds is 8. The first kappa shape index (κ1) is 22.4. The molecule has 0 aliphatic heterocycles. The molecule has 31 heavy (non-hydrogen) atoms. The van der Waals surface area contributed by atoms with Crippen LogP contribution < -0.4 is 19.1 Å². The Morgan fingerprint density at radius 2 is 1.65 bits per heavy atom. The van der Waals surface area contributed by atoms with E-state index in [1.807, 2.05) is 42.5 Å². The summed E-state index contributed by atoms with van der Waals surface area (Å²) in [7, 11) is -0.783. The summed E-state index contributed by atoms with van der Waals surface area (Å²) >= 11 is 0. The van der Waals surface area contributed by atoms with Crippen molar-refractivity contribution in [3.8, 4) is 11.5 Å². The smallest absolute Gasteiger partial charge is 0.243 e. The Bertz CT molecular complexity index is 1190. The zero-order chi connectivity index (χ0) is 22.6. The third-order valence-electron chi connectivity index (χ3n) is 4.99. The van der Waals surface area contributed by atoms with Crippen LogP contribution in [0.25, 0.3) is 10.8 Å². The fourth-order valence-electron chi connectivity index (χ4n) is 3.46. The maximum atomic E-state index is 12.8. The normalized spacial score (nSPS) is 12.3. The lowest BCUT2D eigenvalue weighted by molar-refractivity contribution is -0.122. The second-order valence-corrected chi connectivity index (χ2v) is 9.03. The Balaban J connectivity index is 1.81. The Kier molecular flexibility index (Phi) is 6.70. The molecule has 164 valence electrons. The van der Waals surface area contributed by atoms with Crippen molar-refractivity contribution in [1.29, 1.82) is 0 Å². The number of hydrogen-bond donors (Lipinski definition) is 1. The van der Waals surface area contributed by atoms with Crippen LogP contribution in [0.4, 0.5) is 5.69 Å². The van der Waals surface area contributed by atoms with E-state index in [9.17, 15) is 13.2 Å². The summed E-state index contributed by atoms with van der Waals surface area (Å²) in [6, 6.07) is 17.6. The van der Waals surface area contributed by atoms with Crippen LogP contribution >= 0.6 is 0 Å². The molecular formula is C23H26N2O5S. The summed E-state index contributed by atoms with van der Waals surface area (Å²) in [5.74, 6) is 0.430. The minimum atomic E-state index is -3.74. The molecule has 0 heterocycles. The summed E-state index contributed by atoms with van der Waals surface area (Å²) in [4.78, 5) is 12.8. The van der Waals surface area contributed by atoms with Gasteiger partial charge in [-0.05, 0) is 41.5 Å². The number of sulfonamides is 1. The van der Waals surface area contributed by atoms with Crippen LogP contribution in [0.1, 0.15) is 12.5 Å². The van der Waals surface area contributed by atoms with Crippen LogP contribution in [0.2, 0.25) is 0 Å². The van der Waals surface area contributed by atoms with Gasteiger partial charge in [-0.25, -0.2) is 8.42 Å². The van der Waals surface area contributed by atoms with Crippen molar-refractivity contribution in [1.82, 2.24) is 5.32 Å². The summed E-state index contributed by atoms with van der Waals surface area (Å²) in [6.45, 7) is 1.84. The number of benzene rings is 3. The molecule has 3 aromatic carbocycles. The van der Waals surface area contributed by atoms with Crippen molar-refractivity contribution in [3.63, 3.8) is 0 Å². The zero-order valence-electron chi connectivity index (χ0n) is 18.0. The number of amides is 1. The summed E-state index contributed by atoms with van der Waals surface area (Å²) in [5.41, 5.74) is 1.24. The molecule has 0 aromatic heterocycles. The number of carbonyl (C=O) groups excluding carboxylic acids is 1. The third kappa shape index (κ3) is 5.08. The Labute approximate surface area is 182 Å². The molecule has 0 aliphatic carbocycles. The van der Waals surface area contributed by atoms with Crippen molar-refractivity contribution in [2.45, 2.75) is 19.5 Å². The molecule has 8 heteroatoms.